The first kappa shape index (κ1) is 11.6. The molecule has 2 rings (SSSR count). The van der Waals surface area contributed by atoms with E-state index in [2.05, 4.69) is 27.0 Å². The van der Waals surface area contributed by atoms with Gasteiger partial charge in [-0.25, -0.2) is 0 Å². The number of benzene rings is 1. The monoisotopic (exact) mass is 295 g/mol. The van der Waals surface area contributed by atoms with Gasteiger partial charge in [0, 0.05) is 28.2 Å². The van der Waals surface area contributed by atoms with E-state index in [0.717, 1.165) is 17.1 Å². The minimum absolute atomic E-state index is 0.251. The molecule has 0 amide bonds. The first-order chi connectivity index (χ1) is 7.75. The fourth-order valence-corrected chi connectivity index (χ4v) is 2.34. The molecular weight excluding hydrogens is 286 g/mol. The zero-order valence-electron chi connectivity index (χ0n) is 8.61. The third-order valence-electron chi connectivity index (χ3n) is 2.32. The molecule has 1 nitrogen and oxygen atoms in total. The molecule has 0 aliphatic carbocycles. The molecule has 0 saturated carbocycles. The van der Waals surface area contributed by atoms with Gasteiger partial charge in [-0.05, 0) is 29.8 Å². The maximum atomic E-state index is 5.96. The largest absolute Gasteiger partial charge is 0.261 e. The molecular formula is C13H11BrClN. The highest BCUT2D eigenvalue weighted by Gasteiger charge is 2.09. The van der Waals surface area contributed by atoms with Crippen molar-refractivity contribution >= 4 is 27.5 Å². The van der Waals surface area contributed by atoms with Crippen LogP contribution in [0.25, 0.3) is 0 Å². The van der Waals surface area contributed by atoms with Crippen LogP contribution in [0.5, 0.6) is 0 Å². The van der Waals surface area contributed by atoms with E-state index in [1.807, 2.05) is 42.6 Å². The molecule has 2 aromatic rings. The van der Waals surface area contributed by atoms with Crippen molar-refractivity contribution in [2.75, 3.05) is 0 Å². The van der Waals surface area contributed by atoms with Gasteiger partial charge in [-0.3, -0.25) is 4.98 Å². The molecule has 1 aromatic heterocycles. The van der Waals surface area contributed by atoms with E-state index < -0.39 is 0 Å². The van der Waals surface area contributed by atoms with Crippen molar-refractivity contribution < 1.29 is 0 Å². The van der Waals surface area contributed by atoms with Gasteiger partial charge in [0.1, 0.15) is 0 Å². The molecule has 0 saturated heterocycles. The van der Waals surface area contributed by atoms with Gasteiger partial charge in [0.25, 0.3) is 0 Å². The first-order valence-corrected chi connectivity index (χ1v) is 6.34. The Balaban J connectivity index is 2.12. The smallest absolute Gasteiger partial charge is 0.0451 e. The van der Waals surface area contributed by atoms with Gasteiger partial charge >= 0.3 is 0 Å². The number of hydrogen-bond acceptors (Lipinski definition) is 1. The van der Waals surface area contributed by atoms with Gasteiger partial charge in [0.05, 0.1) is 0 Å². The van der Waals surface area contributed by atoms with Crippen molar-refractivity contribution in [1.82, 2.24) is 4.98 Å². The Morgan fingerprint density at radius 3 is 2.75 bits per heavy atom. The van der Waals surface area contributed by atoms with Crippen LogP contribution < -0.4 is 0 Å². The SMILES string of the molecule is Clc1cccc(C(Br)Cc2ccccn2)c1. The van der Waals surface area contributed by atoms with Gasteiger partial charge in [0.15, 0.2) is 0 Å². The Kier molecular flexibility index (Phi) is 3.97. The van der Waals surface area contributed by atoms with Crippen molar-refractivity contribution in [2.45, 2.75) is 11.2 Å². The lowest BCUT2D eigenvalue weighted by Crippen LogP contribution is -1.97. The van der Waals surface area contributed by atoms with E-state index in [0.29, 0.717) is 0 Å². The van der Waals surface area contributed by atoms with E-state index in [1.165, 1.54) is 5.56 Å². The molecule has 1 heterocycles. The Labute approximate surface area is 109 Å². The number of alkyl halides is 1. The number of hydrogen-bond donors (Lipinski definition) is 0. The highest BCUT2D eigenvalue weighted by atomic mass is 79.9. The van der Waals surface area contributed by atoms with Crippen molar-refractivity contribution in [3.8, 4) is 0 Å². The van der Waals surface area contributed by atoms with Gasteiger partial charge < -0.3 is 0 Å². The number of aromatic nitrogens is 1. The fraction of sp³-hybridized carbons (Fsp3) is 0.154. The van der Waals surface area contributed by atoms with Crippen LogP contribution in [0.15, 0.2) is 48.7 Å². The van der Waals surface area contributed by atoms with Crippen LogP contribution in [0, 0.1) is 0 Å². The fourth-order valence-electron chi connectivity index (χ4n) is 1.52. The van der Waals surface area contributed by atoms with Gasteiger partial charge in [-0.1, -0.05) is 45.7 Å². The van der Waals surface area contributed by atoms with Crippen LogP contribution in [-0.2, 0) is 6.42 Å². The topological polar surface area (TPSA) is 12.9 Å². The third-order valence-corrected chi connectivity index (χ3v) is 3.41. The maximum Gasteiger partial charge on any atom is 0.0451 e. The summed E-state index contributed by atoms with van der Waals surface area (Å²) in [4.78, 5) is 4.55. The van der Waals surface area contributed by atoms with Crippen LogP contribution in [0.4, 0.5) is 0 Å². The predicted molar refractivity (Wildman–Crippen MR) is 71.1 cm³/mol. The van der Waals surface area contributed by atoms with Crippen molar-refractivity contribution in [1.29, 1.82) is 0 Å². The Morgan fingerprint density at radius 1 is 1.19 bits per heavy atom. The second-order valence-corrected chi connectivity index (χ2v) is 5.09. The molecule has 1 aromatic carbocycles. The van der Waals surface area contributed by atoms with Gasteiger partial charge in [-0.2, -0.15) is 0 Å². The second kappa shape index (κ2) is 5.46. The van der Waals surface area contributed by atoms with Gasteiger partial charge in [0.2, 0.25) is 0 Å². The summed E-state index contributed by atoms with van der Waals surface area (Å²) in [7, 11) is 0. The van der Waals surface area contributed by atoms with E-state index in [-0.39, 0.29) is 4.83 Å². The molecule has 16 heavy (non-hydrogen) atoms. The molecule has 82 valence electrons. The average molecular weight is 297 g/mol. The Bertz CT molecular complexity index is 458. The molecule has 0 radical (unpaired) electrons. The Morgan fingerprint density at radius 2 is 2.06 bits per heavy atom. The average Bonchev–Trinajstić information content (AvgIpc) is 2.30. The lowest BCUT2D eigenvalue weighted by atomic mass is 10.1. The highest BCUT2D eigenvalue weighted by molar-refractivity contribution is 9.09. The van der Waals surface area contributed by atoms with Crippen molar-refractivity contribution in [2.24, 2.45) is 0 Å². The normalized spacial score (nSPS) is 12.4. The summed E-state index contributed by atoms with van der Waals surface area (Å²) < 4.78 is 0. The third kappa shape index (κ3) is 3.06. The second-order valence-electron chi connectivity index (χ2n) is 3.55. The zero-order valence-corrected chi connectivity index (χ0v) is 10.9. The summed E-state index contributed by atoms with van der Waals surface area (Å²) in [5.74, 6) is 0. The zero-order chi connectivity index (χ0) is 11.4. The van der Waals surface area contributed by atoms with Crippen LogP contribution >= 0.6 is 27.5 Å². The number of halogens is 2. The summed E-state index contributed by atoms with van der Waals surface area (Å²) in [6, 6.07) is 13.8. The molecule has 0 fully saturated rings. The van der Waals surface area contributed by atoms with E-state index in [4.69, 9.17) is 11.6 Å². The van der Waals surface area contributed by atoms with E-state index in [1.54, 1.807) is 0 Å². The number of rotatable bonds is 3. The number of nitrogens with zero attached hydrogens (tertiary/aromatic N) is 1. The summed E-state index contributed by atoms with van der Waals surface area (Å²) in [5, 5.41) is 0.767. The quantitative estimate of drug-likeness (QED) is 0.764. The summed E-state index contributed by atoms with van der Waals surface area (Å²) >= 11 is 9.61. The van der Waals surface area contributed by atoms with Crippen LogP contribution in [0.1, 0.15) is 16.1 Å². The summed E-state index contributed by atoms with van der Waals surface area (Å²) in [6.07, 6.45) is 2.67. The molecule has 0 aliphatic heterocycles. The molecule has 0 bridgehead atoms. The lowest BCUT2D eigenvalue weighted by Gasteiger charge is -2.09. The van der Waals surface area contributed by atoms with E-state index in [9.17, 15) is 0 Å². The summed E-state index contributed by atoms with van der Waals surface area (Å²) in [5.41, 5.74) is 2.25. The predicted octanol–water partition coefficient (Wildman–Crippen LogP) is 4.41. The molecule has 1 atom stereocenters. The highest BCUT2D eigenvalue weighted by Crippen LogP contribution is 2.27. The molecule has 0 aliphatic rings. The lowest BCUT2D eigenvalue weighted by molar-refractivity contribution is 0.905. The minimum atomic E-state index is 0.251. The van der Waals surface area contributed by atoms with Crippen molar-refractivity contribution in [3.05, 3.63) is 64.9 Å². The Hall–Kier alpha value is -0.860. The van der Waals surface area contributed by atoms with Crippen molar-refractivity contribution in [3.63, 3.8) is 0 Å². The summed E-state index contributed by atoms with van der Waals surface area (Å²) in [6.45, 7) is 0. The van der Waals surface area contributed by atoms with E-state index >= 15 is 0 Å². The molecule has 0 spiro atoms. The standard InChI is InChI=1S/C13H11BrClN/c14-13(9-12-6-1-2-7-16-12)10-4-3-5-11(15)8-10/h1-8,13H,9H2. The number of pyridine rings is 1. The van der Waals surface area contributed by atoms with Crippen LogP contribution in [0.3, 0.4) is 0 Å². The maximum absolute atomic E-state index is 5.96. The first-order valence-electron chi connectivity index (χ1n) is 5.05. The van der Waals surface area contributed by atoms with Gasteiger partial charge in [-0.15, -0.1) is 0 Å². The van der Waals surface area contributed by atoms with Crippen LogP contribution in [0.2, 0.25) is 5.02 Å². The minimum Gasteiger partial charge on any atom is -0.261 e. The molecule has 0 N–H and O–H groups in total. The molecule has 1 unspecified atom stereocenters. The molecule has 3 heteroatoms. The van der Waals surface area contributed by atoms with Crippen LogP contribution in [-0.4, -0.2) is 4.98 Å².